The van der Waals surface area contributed by atoms with Crippen LogP contribution in [-0.4, -0.2) is 38.1 Å². The topological polar surface area (TPSA) is 99.1 Å². The van der Waals surface area contributed by atoms with Crippen molar-refractivity contribution in [2.45, 2.75) is 25.5 Å². The highest BCUT2D eigenvalue weighted by atomic mass is 16.5. The Morgan fingerprint density at radius 3 is 2.89 bits per heavy atom. The third-order valence-corrected chi connectivity index (χ3v) is 3.28. The number of fused-ring (bicyclic) bond motifs is 1. The van der Waals surface area contributed by atoms with Gasteiger partial charge in [-0.25, -0.2) is 14.6 Å². The molecule has 1 saturated heterocycles. The fraction of sp³-hybridized carbons (Fsp3) is 0.545. The number of ether oxygens (including phenoxy) is 1. The molecule has 0 bridgehead atoms. The van der Waals surface area contributed by atoms with Crippen LogP contribution in [0.3, 0.4) is 0 Å². The minimum absolute atomic E-state index is 0.162. The molecule has 3 N–H and O–H groups in total. The van der Waals surface area contributed by atoms with E-state index in [0.717, 1.165) is 26.1 Å². The van der Waals surface area contributed by atoms with Gasteiger partial charge in [0.2, 0.25) is 0 Å². The number of aromatic nitrogens is 4. The lowest BCUT2D eigenvalue weighted by atomic mass is 10.1. The van der Waals surface area contributed by atoms with Crippen molar-refractivity contribution in [3.05, 3.63) is 12.0 Å². The van der Waals surface area contributed by atoms with Crippen LogP contribution < -0.4 is 5.73 Å². The van der Waals surface area contributed by atoms with Gasteiger partial charge < -0.3 is 15.6 Å². The van der Waals surface area contributed by atoms with Crippen LogP contribution in [0, 0.1) is 0 Å². The number of aliphatic hydroxyl groups excluding tert-OH is 1. The molecule has 0 unspecified atom stereocenters. The maximum Gasteiger partial charge on any atom is 0.163 e. The molecule has 2 aromatic heterocycles. The predicted molar refractivity (Wildman–Crippen MR) is 64.7 cm³/mol. The van der Waals surface area contributed by atoms with Crippen LogP contribution in [0.4, 0.5) is 5.82 Å². The summed E-state index contributed by atoms with van der Waals surface area (Å²) < 4.78 is 7.19. The number of anilines is 1. The standard InChI is InChI=1S/C11H15N5O2/c12-10-9-8(5-17)15-16(11(9)14-6-13-10)7-1-3-18-4-2-7/h6-7,17H,1-5H2,(H2,12,13,14). The molecule has 1 aliphatic heterocycles. The summed E-state index contributed by atoms with van der Waals surface area (Å²) in [6.07, 6.45) is 3.22. The predicted octanol–water partition coefficient (Wildman–Crippen LogP) is 0.252. The summed E-state index contributed by atoms with van der Waals surface area (Å²) in [5.74, 6) is 0.363. The number of nitrogens with two attached hydrogens (primary N) is 1. The van der Waals surface area contributed by atoms with E-state index in [1.54, 1.807) is 0 Å². The number of hydrogen-bond donors (Lipinski definition) is 2. The molecule has 0 aliphatic carbocycles. The molecule has 96 valence electrons. The first kappa shape index (κ1) is 11.4. The third-order valence-electron chi connectivity index (χ3n) is 3.28. The van der Waals surface area contributed by atoms with E-state index in [4.69, 9.17) is 10.5 Å². The van der Waals surface area contributed by atoms with Crippen molar-refractivity contribution < 1.29 is 9.84 Å². The summed E-state index contributed by atoms with van der Waals surface area (Å²) >= 11 is 0. The zero-order chi connectivity index (χ0) is 12.5. The van der Waals surface area contributed by atoms with Crippen LogP contribution in [0.2, 0.25) is 0 Å². The van der Waals surface area contributed by atoms with Crippen molar-refractivity contribution in [2.75, 3.05) is 18.9 Å². The monoisotopic (exact) mass is 249 g/mol. The first-order valence-electron chi connectivity index (χ1n) is 5.97. The molecule has 1 fully saturated rings. The molecule has 3 rings (SSSR count). The van der Waals surface area contributed by atoms with Crippen LogP contribution in [0.5, 0.6) is 0 Å². The van der Waals surface area contributed by atoms with Gasteiger partial charge in [0.15, 0.2) is 5.65 Å². The van der Waals surface area contributed by atoms with Gasteiger partial charge in [0.05, 0.1) is 18.0 Å². The molecule has 7 nitrogen and oxygen atoms in total. The van der Waals surface area contributed by atoms with Crippen molar-refractivity contribution >= 4 is 16.9 Å². The van der Waals surface area contributed by atoms with E-state index in [1.807, 2.05) is 4.68 Å². The highest BCUT2D eigenvalue weighted by Crippen LogP contribution is 2.28. The van der Waals surface area contributed by atoms with Crippen molar-refractivity contribution in [3.63, 3.8) is 0 Å². The molecule has 7 heteroatoms. The SMILES string of the molecule is Nc1ncnc2c1c(CO)nn2C1CCOCC1. The van der Waals surface area contributed by atoms with Crippen LogP contribution >= 0.6 is 0 Å². The summed E-state index contributed by atoms with van der Waals surface area (Å²) in [4.78, 5) is 8.20. The van der Waals surface area contributed by atoms with E-state index in [0.29, 0.717) is 22.5 Å². The van der Waals surface area contributed by atoms with E-state index in [-0.39, 0.29) is 12.6 Å². The number of rotatable bonds is 2. The molecule has 0 aromatic carbocycles. The van der Waals surface area contributed by atoms with E-state index in [9.17, 15) is 5.11 Å². The molecule has 0 spiro atoms. The molecule has 0 radical (unpaired) electrons. The highest BCUT2D eigenvalue weighted by molar-refractivity contribution is 5.88. The van der Waals surface area contributed by atoms with E-state index < -0.39 is 0 Å². The Morgan fingerprint density at radius 1 is 1.39 bits per heavy atom. The molecule has 18 heavy (non-hydrogen) atoms. The average Bonchev–Trinajstić information content (AvgIpc) is 2.80. The van der Waals surface area contributed by atoms with E-state index >= 15 is 0 Å². The molecule has 0 saturated carbocycles. The quantitative estimate of drug-likeness (QED) is 0.791. The summed E-state index contributed by atoms with van der Waals surface area (Å²) in [6.45, 7) is 1.28. The number of nitrogens with zero attached hydrogens (tertiary/aromatic N) is 4. The first-order valence-corrected chi connectivity index (χ1v) is 5.97. The summed E-state index contributed by atoms with van der Waals surface area (Å²) in [5, 5.41) is 14.4. The van der Waals surface area contributed by atoms with Crippen LogP contribution in [0.25, 0.3) is 11.0 Å². The fourth-order valence-electron chi connectivity index (χ4n) is 2.36. The smallest absolute Gasteiger partial charge is 0.163 e. The van der Waals surface area contributed by atoms with Gasteiger partial charge in [0, 0.05) is 13.2 Å². The van der Waals surface area contributed by atoms with E-state index in [2.05, 4.69) is 15.1 Å². The van der Waals surface area contributed by atoms with Gasteiger partial charge in [0.25, 0.3) is 0 Å². The Bertz CT molecular complexity index is 562. The van der Waals surface area contributed by atoms with Crippen molar-refractivity contribution in [2.24, 2.45) is 0 Å². The highest BCUT2D eigenvalue weighted by Gasteiger charge is 2.22. The average molecular weight is 249 g/mol. The molecular formula is C11H15N5O2. The van der Waals surface area contributed by atoms with Gasteiger partial charge in [0.1, 0.15) is 17.8 Å². The van der Waals surface area contributed by atoms with Crippen LogP contribution in [0.1, 0.15) is 24.6 Å². The summed E-state index contributed by atoms with van der Waals surface area (Å²) in [6, 6.07) is 0.246. The Hall–Kier alpha value is -1.73. The lowest BCUT2D eigenvalue weighted by Crippen LogP contribution is -2.20. The van der Waals surface area contributed by atoms with Crippen molar-refractivity contribution in [3.8, 4) is 0 Å². The van der Waals surface area contributed by atoms with E-state index in [1.165, 1.54) is 6.33 Å². The Kier molecular flexibility index (Phi) is 2.85. The van der Waals surface area contributed by atoms with Crippen molar-refractivity contribution in [1.29, 1.82) is 0 Å². The molecule has 1 aliphatic rings. The lowest BCUT2D eigenvalue weighted by Gasteiger charge is -2.22. The molecule has 2 aromatic rings. The minimum atomic E-state index is -0.162. The second-order valence-electron chi connectivity index (χ2n) is 4.35. The fourth-order valence-corrected chi connectivity index (χ4v) is 2.36. The summed E-state index contributed by atoms with van der Waals surface area (Å²) in [7, 11) is 0. The second-order valence-corrected chi connectivity index (χ2v) is 4.35. The Balaban J connectivity index is 2.14. The number of aliphatic hydroxyl groups is 1. The molecule has 3 heterocycles. The molecule has 0 amide bonds. The lowest BCUT2D eigenvalue weighted by molar-refractivity contribution is 0.0670. The van der Waals surface area contributed by atoms with Gasteiger partial charge in [-0.1, -0.05) is 0 Å². The van der Waals surface area contributed by atoms with Gasteiger partial charge >= 0.3 is 0 Å². The first-order chi connectivity index (χ1) is 8.81. The van der Waals surface area contributed by atoms with Gasteiger partial charge in [-0.2, -0.15) is 5.10 Å². The molecule has 0 atom stereocenters. The van der Waals surface area contributed by atoms with Gasteiger partial charge in [-0.15, -0.1) is 0 Å². The summed E-state index contributed by atoms with van der Waals surface area (Å²) in [5.41, 5.74) is 7.06. The van der Waals surface area contributed by atoms with Crippen molar-refractivity contribution in [1.82, 2.24) is 19.7 Å². The maximum atomic E-state index is 9.36. The zero-order valence-corrected chi connectivity index (χ0v) is 9.91. The van der Waals surface area contributed by atoms with Gasteiger partial charge in [-0.3, -0.25) is 0 Å². The normalized spacial score (nSPS) is 17.4. The second kappa shape index (κ2) is 4.51. The maximum absolute atomic E-state index is 9.36. The number of hydrogen-bond acceptors (Lipinski definition) is 6. The number of nitrogen functional groups attached to an aromatic ring is 1. The van der Waals surface area contributed by atoms with Crippen LogP contribution in [0.15, 0.2) is 6.33 Å². The Labute approximate surface area is 104 Å². The third kappa shape index (κ3) is 1.72. The zero-order valence-electron chi connectivity index (χ0n) is 9.91. The largest absolute Gasteiger partial charge is 0.390 e. The van der Waals surface area contributed by atoms with Crippen LogP contribution in [-0.2, 0) is 11.3 Å². The molecular weight excluding hydrogens is 234 g/mol. The van der Waals surface area contributed by atoms with Gasteiger partial charge in [-0.05, 0) is 12.8 Å². The Morgan fingerprint density at radius 2 is 2.17 bits per heavy atom. The minimum Gasteiger partial charge on any atom is -0.390 e.